The van der Waals surface area contributed by atoms with Crippen LogP contribution in [0, 0.1) is 6.92 Å². The first-order valence-electron chi connectivity index (χ1n) is 8.67. The fraction of sp³-hybridized carbons (Fsp3) is 0.136. The Hall–Kier alpha value is -3.47. The van der Waals surface area contributed by atoms with Crippen LogP contribution in [0.4, 0.5) is 5.69 Å². The molecular weight excluding hydrogens is 338 g/mol. The highest BCUT2D eigenvalue weighted by atomic mass is 16.2. The number of hydrogen-bond donors (Lipinski definition) is 1. The molecule has 0 unspecified atom stereocenters. The van der Waals surface area contributed by atoms with Gasteiger partial charge in [-0.15, -0.1) is 0 Å². The van der Waals surface area contributed by atoms with E-state index in [1.807, 2.05) is 61.5 Å². The molecule has 136 valence electrons. The van der Waals surface area contributed by atoms with Crippen LogP contribution in [0.1, 0.15) is 32.0 Å². The van der Waals surface area contributed by atoms with E-state index in [2.05, 4.69) is 10.3 Å². The summed E-state index contributed by atoms with van der Waals surface area (Å²) < 4.78 is 0. The molecule has 0 spiro atoms. The number of aryl methyl sites for hydroxylation is 1. The molecule has 2 aromatic carbocycles. The van der Waals surface area contributed by atoms with Crippen molar-refractivity contribution in [2.75, 3.05) is 11.9 Å². The molecule has 3 aromatic rings. The summed E-state index contributed by atoms with van der Waals surface area (Å²) in [7, 11) is 1.70. The third kappa shape index (κ3) is 4.58. The molecule has 5 heteroatoms. The number of hydrogen-bond acceptors (Lipinski definition) is 3. The normalized spacial score (nSPS) is 10.3. The lowest BCUT2D eigenvalue weighted by Crippen LogP contribution is -2.28. The largest absolute Gasteiger partial charge is 0.347 e. The second-order valence-electron chi connectivity index (χ2n) is 6.30. The zero-order chi connectivity index (χ0) is 19.2. The molecule has 0 atom stereocenters. The maximum atomic E-state index is 12.7. The Balaban J connectivity index is 1.70. The van der Waals surface area contributed by atoms with Crippen LogP contribution in [-0.2, 0) is 6.54 Å². The minimum atomic E-state index is -0.312. The fourth-order valence-corrected chi connectivity index (χ4v) is 2.63. The predicted octanol–water partition coefficient (Wildman–Crippen LogP) is 3.60. The van der Waals surface area contributed by atoms with Crippen molar-refractivity contribution >= 4 is 17.5 Å². The molecule has 2 amide bonds. The second-order valence-corrected chi connectivity index (χ2v) is 6.30. The first-order valence-corrected chi connectivity index (χ1v) is 8.67. The van der Waals surface area contributed by atoms with Crippen molar-refractivity contribution in [1.82, 2.24) is 10.3 Å². The summed E-state index contributed by atoms with van der Waals surface area (Å²) in [5, 5.41) is 2.84. The molecule has 0 saturated heterocycles. The molecule has 0 aliphatic heterocycles. The number of nitrogens with one attached hydrogen (secondary N) is 1. The molecule has 3 rings (SSSR count). The fourth-order valence-electron chi connectivity index (χ4n) is 2.63. The number of para-hydroxylation sites is 1. The maximum absolute atomic E-state index is 12.7. The molecule has 27 heavy (non-hydrogen) atoms. The van der Waals surface area contributed by atoms with Crippen LogP contribution >= 0.6 is 0 Å². The Labute approximate surface area is 158 Å². The van der Waals surface area contributed by atoms with Gasteiger partial charge < -0.3 is 10.2 Å². The second kappa shape index (κ2) is 8.27. The van der Waals surface area contributed by atoms with Gasteiger partial charge in [-0.1, -0.05) is 48.0 Å². The Kier molecular flexibility index (Phi) is 5.61. The van der Waals surface area contributed by atoms with Crippen LogP contribution in [-0.4, -0.2) is 23.8 Å². The summed E-state index contributed by atoms with van der Waals surface area (Å²) in [6.45, 7) is 2.42. The van der Waals surface area contributed by atoms with Crippen LogP contribution in [0.15, 0.2) is 72.9 Å². The topological polar surface area (TPSA) is 62.3 Å². The standard InChI is InChI=1S/C22H21N3O2/c1-16-8-10-17(11-9-16)15-24-21(26)20-14-18(12-13-23-20)22(27)25(2)19-6-4-3-5-7-19/h3-14H,15H2,1-2H3,(H,24,26). The lowest BCUT2D eigenvalue weighted by Gasteiger charge is -2.17. The summed E-state index contributed by atoms with van der Waals surface area (Å²) in [6.07, 6.45) is 1.48. The van der Waals surface area contributed by atoms with Gasteiger partial charge in [0.2, 0.25) is 0 Å². The Bertz CT molecular complexity index is 937. The lowest BCUT2D eigenvalue weighted by atomic mass is 10.1. The van der Waals surface area contributed by atoms with Crippen molar-refractivity contribution in [2.45, 2.75) is 13.5 Å². The molecule has 0 bridgehead atoms. The average molecular weight is 359 g/mol. The van der Waals surface area contributed by atoms with Gasteiger partial charge in [0.25, 0.3) is 11.8 Å². The van der Waals surface area contributed by atoms with Crippen molar-refractivity contribution in [3.05, 3.63) is 95.3 Å². The molecule has 1 aromatic heterocycles. The highest BCUT2D eigenvalue weighted by Crippen LogP contribution is 2.15. The van der Waals surface area contributed by atoms with Crippen LogP contribution < -0.4 is 10.2 Å². The van der Waals surface area contributed by atoms with Gasteiger partial charge in [0.1, 0.15) is 5.69 Å². The molecule has 5 nitrogen and oxygen atoms in total. The van der Waals surface area contributed by atoms with E-state index in [1.165, 1.54) is 17.8 Å². The molecule has 1 N–H and O–H groups in total. The third-order valence-electron chi connectivity index (χ3n) is 4.26. The number of benzene rings is 2. The first kappa shape index (κ1) is 18.3. The van der Waals surface area contributed by atoms with Crippen molar-refractivity contribution in [3.63, 3.8) is 0 Å². The number of pyridine rings is 1. The number of rotatable bonds is 5. The number of anilines is 1. The minimum absolute atomic E-state index is 0.198. The van der Waals surface area contributed by atoms with Gasteiger partial charge >= 0.3 is 0 Å². The Morgan fingerprint density at radius 2 is 1.70 bits per heavy atom. The van der Waals surface area contributed by atoms with E-state index < -0.39 is 0 Å². The summed E-state index contributed by atoms with van der Waals surface area (Å²) in [5.41, 5.74) is 3.58. The van der Waals surface area contributed by atoms with Crippen LogP contribution in [0.2, 0.25) is 0 Å². The van der Waals surface area contributed by atoms with Crippen LogP contribution in [0.25, 0.3) is 0 Å². The number of nitrogens with zero attached hydrogens (tertiary/aromatic N) is 2. The van der Waals surface area contributed by atoms with E-state index in [-0.39, 0.29) is 17.5 Å². The van der Waals surface area contributed by atoms with Gasteiger partial charge in [-0.05, 0) is 36.8 Å². The van der Waals surface area contributed by atoms with E-state index in [9.17, 15) is 9.59 Å². The average Bonchev–Trinajstić information content (AvgIpc) is 2.72. The highest BCUT2D eigenvalue weighted by molar-refractivity contribution is 6.06. The predicted molar refractivity (Wildman–Crippen MR) is 106 cm³/mol. The zero-order valence-electron chi connectivity index (χ0n) is 15.3. The molecule has 0 fully saturated rings. The molecular formula is C22H21N3O2. The summed E-state index contributed by atoms with van der Waals surface area (Å²) in [4.78, 5) is 30.7. The van der Waals surface area contributed by atoms with Crippen molar-refractivity contribution in [3.8, 4) is 0 Å². The number of aromatic nitrogens is 1. The van der Waals surface area contributed by atoms with Crippen LogP contribution in [0.3, 0.4) is 0 Å². The van der Waals surface area contributed by atoms with E-state index in [0.717, 1.165) is 11.3 Å². The monoisotopic (exact) mass is 359 g/mol. The van der Waals surface area contributed by atoms with Gasteiger partial charge in [0.05, 0.1) is 0 Å². The van der Waals surface area contributed by atoms with Crippen molar-refractivity contribution < 1.29 is 9.59 Å². The van der Waals surface area contributed by atoms with Crippen molar-refractivity contribution in [1.29, 1.82) is 0 Å². The molecule has 0 aliphatic carbocycles. The van der Waals surface area contributed by atoms with E-state index in [4.69, 9.17) is 0 Å². The minimum Gasteiger partial charge on any atom is -0.347 e. The molecule has 1 heterocycles. The molecule has 0 saturated carbocycles. The van der Waals surface area contributed by atoms with Gasteiger partial charge in [-0.25, -0.2) is 0 Å². The summed E-state index contributed by atoms with van der Waals surface area (Å²) >= 11 is 0. The number of amides is 2. The molecule has 0 aliphatic rings. The van der Waals surface area contributed by atoms with Crippen molar-refractivity contribution in [2.24, 2.45) is 0 Å². The maximum Gasteiger partial charge on any atom is 0.270 e. The Morgan fingerprint density at radius 3 is 2.41 bits per heavy atom. The van der Waals surface area contributed by atoms with E-state index in [0.29, 0.717) is 12.1 Å². The first-order chi connectivity index (χ1) is 13.0. The highest BCUT2D eigenvalue weighted by Gasteiger charge is 2.16. The van der Waals surface area contributed by atoms with Gasteiger partial charge in [0.15, 0.2) is 0 Å². The third-order valence-corrected chi connectivity index (χ3v) is 4.26. The Morgan fingerprint density at radius 1 is 1.00 bits per heavy atom. The van der Waals surface area contributed by atoms with Gasteiger partial charge in [-0.3, -0.25) is 14.6 Å². The quantitative estimate of drug-likeness (QED) is 0.757. The molecule has 0 radical (unpaired) electrons. The van der Waals surface area contributed by atoms with E-state index in [1.54, 1.807) is 18.0 Å². The smallest absolute Gasteiger partial charge is 0.270 e. The SMILES string of the molecule is Cc1ccc(CNC(=O)c2cc(C(=O)N(C)c3ccccc3)ccn2)cc1. The number of carbonyl (C=O) groups is 2. The summed E-state index contributed by atoms with van der Waals surface area (Å²) in [5.74, 6) is -0.510. The zero-order valence-corrected chi connectivity index (χ0v) is 15.3. The van der Waals surface area contributed by atoms with E-state index >= 15 is 0 Å². The lowest BCUT2D eigenvalue weighted by molar-refractivity contribution is 0.0946. The van der Waals surface area contributed by atoms with Gasteiger partial charge in [0, 0.05) is 31.0 Å². The van der Waals surface area contributed by atoms with Gasteiger partial charge in [-0.2, -0.15) is 0 Å². The summed E-state index contributed by atoms with van der Waals surface area (Å²) in [6, 6.07) is 20.4. The van der Waals surface area contributed by atoms with Crippen LogP contribution in [0.5, 0.6) is 0 Å². The number of carbonyl (C=O) groups excluding carboxylic acids is 2.